The number of hydrogen-bond acceptors (Lipinski definition) is 3. The van der Waals surface area contributed by atoms with E-state index >= 15 is 0 Å². The Bertz CT molecular complexity index is 938. The summed E-state index contributed by atoms with van der Waals surface area (Å²) in [7, 11) is 0. The van der Waals surface area contributed by atoms with Gasteiger partial charge in [-0.25, -0.2) is 0 Å². The lowest BCUT2D eigenvalue weighted by atomic mass is 9.84. The smallest absolute Gasteiger partial charge is 0.227 e. The lowest BCUT2D eigenvalue weighted by molar-refractivity contribution is -0.130. The molecule has 2 amide bonds. The summed E-state index contributed by atoms with van der Waals surface area (Å²) >= 11 is 0. The van der Waals surface area contributed by atoms with Gasteiger partial charge >= 0.3 is 0 Å². The summed E-state index contributed by atoms with van der Waals surface area (Å²) in [6.07, 6.45) is 2.03. The van der Waals surface area contributed by atoms with Gasteiger partial charge in [0.05, 0.1) is 6.42 Å². The molecule has 1 aliphatic heterocycles. The highest BCUT2D eigenvalue weighted by Gasteiger charge is 2.22. The van der Waals surface area contributed by atoms with E-state index in [-0.39, 0.29) is 17.2 Å². The number of anilines is 2. The third-order valence-electron chi connectivity index (χ3n) is 6.08. The predicted octanol–water partition coefficient (Wildman–Crippen LogP) is 5.29. The zero-order chi connectivity index (χ0) is 24.0. The van der Waals surface area contributed by atoms with Crippen LogP contribution in [0.5, 0.6) is 0 Å². The van der Waals surface area contributed by atoms with Gasteiger partial charge in [-0.3, -0.25) is 9.59 Å². The van der Waals surface area contributed by atoms with E-state index in [0.29, 0.717) is 18.8 Å². The third kappa shape index (κ3) is 7.92. The maximum absolute atomic E-state index is 12.7. The highest BCUT2D eigenvalue weighted by atomic mass is 16.2. The summed E-state index contributed by atoms with van der Waals surface area (Å²) in [6, 6.07) is 16.2. The molecule has 0 saturated carbocycles. The first kappa shape index (κ1) is 24.8. The van der Waals surface area contributed by atoms with Crippen molar-refractivity contribution < 1.29 is 9.59 Å². The van der Waals surface area contributed by atoms with Crippen LogP contribution in [0.4, 0.5) is 11.4 Å². The van der Waals surface area contributed by atoms with E-state index in [1.165, 1.54) is 5.56 Å². The van der Waals surface area contributed by atoms with Crippen molar-refractivity contribution in [3.05, 3.63) is 59.7 Å². The van der Waals surface area contributed by atoms with Crippen LogP contribution in [0.3, 0.4) is 0 Å². The van der Waals surface area contributed by atoms with Gasteiger partial charge in [0.15, 0.2) is 0 Å². The second kappa shape index (κ2) is 10.9. The predicted molar refractivity (Wildman–Crippen MR) is 137 cm³/mol. The van der Waals surface area contributed by atoms with Crippen LogP contribution in [0.2, 0.25) is 0 Å². The van der Waals surface area contributed by atoms with Crippen LogP contribution in [0.1, 0.15) is 51.7 Å². The van der Waals surface area contributed by atoms with Crippen molar-refractivity contribution in [2.75, 3.05) is 36.4 Å². The molecule has 5 nitrogen and oxygen atoms in total. The number of amides is 2. The van der Waals surface area contributed by atoms with Crippen LogP contribution in [0, 0.1) is 18.3 Å². The molecule has 178 valence electrons. The van der Waals surface area contributed by atoms with Crippen LogP contribution in [-0.2, 0) is 16.0 Å². The minimum Gasteiger partial charge on any atom is -0.368 e. The van der Waals surface area contributed by atoms with Gasteiger partial charge in [-0.1, -0.05) is 57.5 Å². The van der Waals surface area contributed by atoms with E-state index in [2.05, 4.69) is 69.1 Å². The Morgan fingerprint density at radius 2 is 1.67 bits per heavy atom. The summed E-state index contributed by atoms with van der Waals surface area (Å²) in [4.78, 5) is 29.3. The Hall–Kier alpha value is -2.82. The van der Waals surface area contributed by atoms with Crippen molar-refractivity contribution >= 4 is 23.2 Å². The van der Waals surface area contributed by atoms with Gasteiger partial charge in [-0.15, -0.1) is 0 Å². The standard InChI is InChI=1S/C28H39N3O2/c1-21-7-6-8-23(17-21)19-27(33)31-15-13-30(14-16-31)25-11-9-24(10-12-25)29-26(32)18-22(2)20-28(3,4)5/h6-12,17,22H,13-16,18-20H2,1-5H3,(H,29,32)/t22-/m0/s1. The largest absolute Gasteiger partial charge is 0.368 e. The summed E-state index contributed by atoms with van der Waals surface area (Å²) in [5.74, 6) is 0.619. The van der Waals surface area contributed by atoms with E-state index in [1.807, 2.05) is 29.2 Å². The highest BCUT2D eigenvalue weighted by molar-refractivity contribution is 5.91. The quantitative estimate of drug-likeness (QED) is 0.625. The van der Waals surface area contributed by atoms with E-state index in [4.69, 9.17) is 0 Å². The molecule has 0 bridgehead atoms. The molecule has 1 atom stereocenters. The second-order valence-corrected chi connectivity index (χ2v) is 10.7. The van der Waals surface area contributed by atoms with Crippen LogP contribution in [0.15, 0.2) is 48.5 Å². The molecule has 5 heteroatoms. The molecule has 1 saturated heterocycles. The maximum Gasteiger partial charge on any atom is 0.227 e. The molecule has 1 aliphatic rings. The van der Waals surface area contributed by atoms with Crippen molar-refractivity contribution in [3.8, 4) is 0 Å². The van der Waals surface area contributed by atoms with E-state index in [1.54, 1.807) is 0 Å². The lowest BCUT2D eigenvalue weighted by Crippen LogP contribution is -2.49. The molecular formula is C28H39N3O2. The average molecular weight is 450 g/mol. The zero-order valence-electron chi connectivity index (χ0n) is 20.9. The topological polar surface area (TPSA) is 52.7 Å². The van der Waals surface area contributed by atoms with Crippen LogP contribution < -0.4 is 10.2 Å². The lowest BCUT2D eigenvalue weighted by Gasteiger charge is -2.36. The van der Waals surface area contributed by atoms with E-state index in [0.717, 1.165) is 49.5 Å². The normalized spacial score (nSPS) is 15.3. The first-order valence-electron chi connectivity index (χ1n) is 12.1. The van der Waals surface area contributed by atoms with Crippen molar-refractivity contribution in [2.24, 2.45) is 11.3 Å². The Balaban J connectivity index is 1.46. The molecule has 3 rings (SSSR count). The van der Waals surface area contributed by atoms with Gasteiger partial charge in [-0.2, -0.15) is 0 Å². The van der Waals surface area contributed by atoms with Gasteiger partial charge < -0.3 is 15.1 Å². The fraction of sp³-hybridized carbons (Fsp3) is 0.500. The van der Waals surface area contributed by atoms with E-state index < -0.39 is 0 Å². The second-order valence-electron chi connectivity index (χ2n) is 10.7. The molecule has 2 aromatic rings. The van der Waals surface area contributed by atoms with Crippen LogP contribution in [0.25, 0.3) is 0 Å². The molecule has 0 radical (unpaired) electrons. The van der Waals surface area contributed by atoms with E-state index in [9.17, 15) is 9.59 Å². The summed E-state index contributed by atoms with van der Waals surface area (Å²) in [6.45, 7) is 13.9. The Morgan fingerprint density at radius 3 is 2.27 bits per heavy atom. The molecule has 1 heterocycles. The summed E-state index contributed by atoms with van der Waals surface area (Å²) in [5.41, 5.74) is 4.45. The minimum atomic E-state index is 0.0697. The van der Waals surface area contributed by atoms with Gasteiger partial charge in [0.25, 0.3) is 0 Å². The number of nitrogens with zero attached hydrogens (tertiary/aromatic N) is 2. The Morgan fingerprint density at radius 1 is 1.00 bits per heavy atom. The molecule has 1 fully saturated rings. The number of nitrogens with one attached hydrogen (secondary N) is 1. The zero-order valence-corrected chi connectivity index (χ0v) is 20.9. The van der Waals surface area contributed by atoms with Crippen LogP contribution in [-0.4, -0.2) is 42.9 Å². The number of aryl methyl sites for hydroxylation is 1. The summed E-state index contributed by atoms with van der Waals surface area (Å²) < 4.78 is 0. The molecule has 0 aliphatic carbocycles. The molecule has 33 heavy (non-hydrogen) atoms. The van der Waals surface area contributed by atoms with Crippen molar-refractivity contribution in [1.29, 1.82) is 0 Å². The molecule has 0 aromatic heterocycles. The van der Waals surface area contributed by atoms with Crippen LogP contribution >= 0.6 is 0 Å². The van der Waals surface area contributed by atoms with Crippen molar-refractivity contribution in [2.45, 2.75) is 53.9 Å². The van der Waals surface area contributed by atoms with Gasteiger partial charge in [0.2, 0.25) is 11.8 Å². The summed E-state index contributed by atoms with van der Waals surface area (Å²) in [5, 5.41) is 3.03. The number of piperazine rings is 1. The SMILES string of the molecule is Cc1cccc(CC(=O)N2CCN(c3ccc(NC(=O)C[C@H](C)CC(C)(C)C)cc3)CC2)c1. The number of hydrogen-bond donors (Lipinski definition) is 1. The fourth-order valence-corrected chi connectivity index (χ4v) is 4.72. The first-order chi connectivity index (χ1) is 15.6. The highest BCUT2D eigenvalue weighted by Crippen LogP contribution is 2.26. The third-order valence-corrected chi connectivity index (χ3v) is 6.08. The van der Waals surface area contributed by atoms with Gasteiger partial charge in [-0.05, 0) is 54.5 Å². The maximum atomic E-state index is 12.7. The molecule has 2 aromatic carbocycles. The number of benzene rings is 2. The Kier molecular flexibility index (Phi) is 8.17. The Labute approximate surface area is 199 Å². The first-order valence-corrected chi connectivity index (χ1v) is 12.1. The molecule has 0 unspecified atom stereocenters. The number of carbonyl (C=O) groups excluding carboxylic acids is 2. The monoisotopic (exact) mass is 449 g/mol. The van der Waals surface area contributed by atoms with Gasteiger partial charge in [0.1, 0.15) is 0 Å². The van der Waals surface area contributed by atoms with Crippen molar-refractivity contribution in [1.82, 2.24) is 4.90 Å². The number of rotatable bonds is 7. The fourth-order valence-electron chi connectivity index (χ4n) is 4.72. The average Bonchev–Trinajstić information content (AvgIpc) is 2.73. The van der Waals surface area contributed by atoms with Gasteiger partial charge in [0, 0.05) is 44.0 Å². The number of carbonyl (C=O) groups is 2. The molecule has 0 spiro atoms. The molecule has 1 N–H and O–H groups in total. The minimum absolute atomic E-state index is 0.0697. The van der Waals surface area contributed by atoms with Crippen molar-refractivity contribution in [3.63, 3.8) is 0 Å². The molecular weight excluding hydrogens is 410 g/mol.